The van der Waals surface area contributed by atoms with Gasteiger partial charge < -0.3 is 9.88 Å². The molecule has 0 radical (unpaired) electrons. The monoisotopic (exact) mass is 280 g/mol. The van der Waals surface area contributed by atoms with Crippen LogP contribution in [0.1, 0.15) is 5.69 Å². The van der Waals surface area contributed by atoms with Gasteiger partial charge in [0.05, 0.1) is 4.92 Å². The molecule has 0 aliphatic heterocycles. The fourth-order valence-electron chi connectivity index (χ4n) is 1.47. The van der Waals surface area contributed by atoms with Gasteiger partial charge in [0.25, 0.3) is 0 Å². The summed E-state index contributed by atoms with van der Waals surface area (Å²) in [5.74, 6) is 0.347. The first-order valence-corrected chi connectivity index (χ1v) is 6.20. The van der Waals surface area contributed by atoms with Crippen molar-refractivity contribution in [3.8, 4) is 0 Å². The Morgan fingerprint density at radius 3 is 2.74 bits per heavy atom. The summed E-state index contributed by atoms with van der Waals surface area (Å²) in [6, 6.07) is 0. The number of aromatic nitrogens is 4. The van der Waals surface area contributed by atoms with Crippen LogP contribution in [0.2, 0.25) is 0 Å². The van der Waals surface area contributed by atoms with Gasteiger partial charge in [-0.3, -0.25) is 10.1 Å². The van der Waals surface area contributed by atoms with E-state index in [0.717, 1.165) is 11.8 Å². The van der Waals surface area contributed by atoms with Crippen LogP contribution in [0.25, 0.3) is 0 Å². The van der Waals surface area contributed by atoms with E-state index in [1.54, 1.807) is 30.9 Å². The summed E-state index contributed by atoms with van der Waals surface area (Å²) < 4.78 is 1.77. The summed E-state index contributed by atoms with van der Waals surface area (Å²) in [4.78, 5) is 22.9. The number of rotatable bonds is 4. The zero-order chi connectivity index (χ0) is 14.0. The zero-order valence-corrected chi connectivity index (χ0v) is 11.4. The highest BCUT2D eigenvalue weighted by Gasteiger charge is 2.23. The van der Waals surface area contributed by atoms with Crippen LogP contribution in [0, 0.1) is 17.0 Å². The maximum atomic E-state index is 11.1. The first-order valence-electron chi connectivity index (χ1n) is 5.39. The minimum absolute atomic E-state index is 0.0907. The molecule has 0 fully saturated rings. The van der Waals surface area contributed by atoms with E-state index in [4.69, 9.17) is 0 Å². The summed E-state index contributed by atoms with van der Waals surface area (Å²) in [6.45, 7) is 1.59. The summed E-state index contributed by atoms with van der Waals surface area (Å²) in [6.07, 6.45) is 3.39. The lowest BCUT2D eigenvalue weighted by Gasteiger charge is -2.06. The van der Waals surface area contributed by atoms with Crippen molar-refractivity contribution in [2.24, 2.45) is 7.05 Å². The van der Waals surface area contributed by atoms with Crippen LogP contribution in [0.4, 0.5) is 11.6 Å². The minimum Gasteiger partial charge on any atom is -0.357 e. The molecule has 0 aliphatic carbocycles. The molecule has 0 aliphatic rings. The molecule has 2 aromatic heterocycles. The van der Waals surface area contributed by atoms with Crippen molar-refractivity contribution in [2.45, 2.75) is 17.1 Å². The zero-order valence-electron chi connectivity index (χ0n) is 10.6. The lowest BCUT2D eigenvalue weighted by Crippen LogP contribution is -2.05. The number of aryl methyl sites for hydroxylation is 2. The van der Waals surface area contributed by atoms with Crippen LogP contribution >= 0.6 is 11.8 Å². The van der Waals surface area contributed by atoms with Gasteiger partial charge in [0.15, 0.2) is 10.2 Å². The van der Waals surface area contributed by atoms with Gasteiger partial charge in [-0.1, -0.05) is 0 Å². The topological polar surface area (TPSA) is 98.8 Å². The van der Waals surface area contributed by atoms with Crippen LogP contribution in [0.5, 0.6) is 0 Å². The fourth-order valence-corrected chi connectivity index (χ4v) is 2.41. The second-order valence-corrected chi connectivity index (χ2v) is 4.67. The first-order chi connectivity index (χ1) is 9.02. The lowest BCUT2D eigenvalue weighted by molar-refractivity contribution is -0.389. The van der Waals surface area contributed by atoms with Crippen molar-refractivity contribution in [1.82, 2.24) is 19.5 Å². The maximum absolute atomic E-state index is 11.1. The van der Waals surface area contributed by atoms with Gasteiger partial charge in [0, 0.05) is 26.5 Å². The van der Waals surface area contributed by atoms with E-state index in [1.165, 1.54) is 0 Å². The summed E-state index contributed by atoms with van der Waals surface area (Å²) in [5.41, 5.74) is 0.230. The number of anilines is 1. The quantitative estimate of drug-likeness (QED) is 0.516. The van der Waals surface area contributed by atoms with Crippen LogP contribution in [-0.2, 0) is 7.05 Å². The SMILES string of the molecule is CNc1nc(C)c([N+](=O)[O-])c(Sc2nccn2C)n1. The molecule has 0 unspecified atom stereocenters. The molecule has 0 atom stereocenters. The summed E-state index contributed by atoms with van der Waals surface area (Å²) in [7, 11) is 3.48. The average Bonchev–Trinajstić information content (AvgIpc) is 2.73. The highest BCUT2D eigenvalue weighted by Crippen LogP contribution is 2.34. The van der Waals surface area contributed by atoms with Gasteiger partial charge in [-0.15, -0.1) is 0 Å². The van der Waals surface area contributed by atoms with Gasteiger partial charge >= 0.3 is 5.69 Å². The predicted molar refractivity (Wildman–Crippen MR) is 70.3 cm³/mol. The Balaban J connectivity index is 2.50. The summed E-state index contributed by atoms with van der Waals surface area (Å²) >= 11 is 1.14. The molecule has 0 saturated carbocycles. The highest BCUT2D eigenvalue weighted by atomic mass is 32.2. The number of hydrogen-bond acceptors (Lipinski definition) is 7. The number of nitrogens with zero attached hydrogens (tertiary/aromatic N) is 5. The molecule has 2 aromatic rings. The second kappa shape index (κ2) is 5.22. The molecule has 2 heterocycles. The molecule has 19 heavy (non-hydrogen) atoms. The fraction of sp³-hybridized carbons (Fsp3) is 0.300. The number of imidazole rings is 1. The smallest absolute Gasteiger partial charge is 0.322 e. The van der Waals surface area contributed by atoms with Gasteiger partial charge in [0.1, 0.15) is 5.69 Å². The highest BCUT2D eigenvalue weighted by molar-refractivity contribution is 7.99. The van der Waals surface area contributed by atoms with E-state index >= 15 is 0 Å². The minimum atomic E-state index is -0.472. The predicted octanol–water partition coefficient (Wildman–Crippen LogP) is 1.62. The van der Waals surface area contributed by atoms with Crippen molar-refractivity contribution < 1.29 is 4.92 Å². The molecule has 100 valence electrons. The Morgan fingerprint density at radius 2 is 2.21 bits per heavy atom. The van der Waals surface area contributed by atoms with Crippen molar-refractivity contribution in [2.75, 3.05) is 12.4 Å². The Labute approximate surface area is 113 Å². The molecule has 9 heteroatoms. The normalized spacial score (nSPS) is 10.5. The van der Waals surface area contributed by atoms with E-state index in [9.17, 15) is 10.1 Å². The standard InChI is InChI=1S/C10H12N6O2S/c1-6-7(16(17)18)8(14-9(11-2)13-6)19-10-12-4-5-15(10)3/h4-5H,1-3H3,(H,11,13,14). The molecule has 0 bridgehead atoms. The average molecular weight is 280 g/mol. The second-order valence-electron chi connectivity index (χ2n) is 3.72. The molecule has 1 N–H and O–H groups in total. The Morgan fingerprint density at radius 1 is 1.47 bits per heavy atom. The van der Waals surface area contributed by atoms with Gasteiger partial charge in [0.2, 0.25) is 5.95 Å². The van der Waals surface area contributed by atoms with E-state index in [2.05, 4.69) is 20.3 Å². The van der Waals surface area contributed by atoms with Crippen LogP contribution in [0.15, 0.2) is 22.6 Å². The first kappa shape index (κ1) is 13.3. The summed E-state index contributed by atoms with van der Waals surface area (Å²) in [5, 5.41) is 14.8. The number of nitrogens with one attached hydrogen (secondary N) is 1. The van der Waals surface area contributed by atoms with Gasteiger partial charge in [-0.2, -0.15) is 4.98 Å². The molecule has 0 spiro atoms. The molecule has 0 saturated heterocycles. The largest absolute Gasteiger partial charge is 0.357 e. The third kappa shape index (κ3) is 2.65. The lowest BCUT2D eigenvalue weighted by atomic mass is 10.4. The third-order valence-electron chi connectivity index (χ3n) is 2.40. The van der Waals surface area contributed by atoms with Crippen LogP contribution in [-0.4, -0.2) is 31.5 Å². The Bertz CT molecular complexity index is 626. The van der Waals surface area contributed by atoms with Crippen molar-refractivity contribution >= 4 is 23.4 Å². The van der Waals surface area contributed by atoms with Crippen molar-refractivity contribution in [3.63, 3.8) is 0 Å². The van der Waals surface area contributed by atoms with Gasteiger partial charge in [-0.05, 0) is 18.7 Å². The van der Waals surface area contributed by atoms with Crippen LogP contribution < -0.4 is 5.32 Å². The Kier molecular flexibility index (Phi) is 3.65. The van der Waals surface area contributed by atoms with E-state index in [1.807, 2.05) is 7.05 Å². The van der Waals surface area contributed by atoms with Crippen LogP contribution in [0.3, 0.4) is 0 Å². The number of nitro groups is 1. The number of hydrogen-bond donors (Lipinski definition) is 1. The maximum Gasteiger partial charge on any atom is 0.322 e. The molecule has 0 aromatic carbocycles. The van der Waals surface area contributed by atoms with Crippen molar-refractivity contribution in [3.05, 3.63) is 28.2 Å². The van der Waals surface area contributed by atoms with Gasteiger partial charge in [-0.25, -0.2) is 9.97 Å². The molecular weight excluding hydrogens is 268 g/mol. The van der Waals surface area contributed by atoms with E-state index < -0.39 is 4.92 Å². The van der Waals surface area contributed by atoms with Crippen molar-refractivity contribution in [1.29, 1.82) is 0 Å². The molecule has 0 amide bonds. The molecular formula is C10H12N6O2S. The Hall–Kier alpha value is -2.16. The van der Waals surface area contributed by atoms with E-state index in [0.29, 0.717) is 16.8 Å². The third-order valence-corrected chi connectivity index (χ3v) is 3.45. The molecule has 2 rings (SSSR count). The molecule has 8 nitrogen and oxygen atoms in total. The van der Waals surface area contributed by atoms with E-state index in [-0.39, 0.29) is 10.7 Å².